The van der Waals surface area contributed by atoms with E-state index in [2.05, 4.69) is 0 Å². The van der Waals surface area contributed by atoms with Crippen LogP contribution in [0.4, 0.5) is 5.69 Å². The van der Waals surface area contributed by atoms with Crippen molar-refractivity contribution in [3.8, 4) is 0 Å². The van der Waals surface area contributed by atoms with Crippen LogP contribution in [0.3, 0.4) is 0 Å². The van der Waals surface area contributed by atoms with Crippen molar-refractivity contribution in [1.82, 2.24) is 4.90 Å². The van der Waals surface area contributed by atoms with Crippen molar-refractivity contribution in [2.75, 3.05) is 0 Å². The summed E-state index contributed by atoms with van der Waals surface area (Å²) in [5, 5.41) is 28.9. The van der Waals surface area contributed by atoms with Crippen LogP contribution < -0.4 is 0 Å². The minimum absolute atomic E-state index is 0.0150. The molecule has 1 amide bonds. The lowest BCUT2D eigenvalue weighted by Crippen LogP contribution is -2.44. The number of thiocarbonyl (C=S) groups is 1. The molecule has 2 N–H and O–H groups in total. The lowest BCUT2D eigenvalue weighted by atomic mass is 10.1. The number of rotatable bonds is 8. The number of aliphatic carboxylic acids is 2. The van der Waals surface area contributed by atoms with E-state index in [0.29, 0.717) is 5.56 Å². The minimum atomic E-state index is -1.40. The first-order valence-corrected chi connectivity index (χ1v) is 9.53. The van der Waals surface area contributed by atoms with Gasteiger partial charge in [-0.15, -0.1) is 0 Å². The maximum absolute atomic E-state index is 12.6. The van der Waals surface area contributed by atoms with Gasteiger partial charge in [0.25, 0.3) is 11.6 Å². The molecule has 1 aromatic rings. The summed E-state index contributed by atoms with van der Waals surface area (Å²) in [5.74, 6) is -3.24. The molecule has 1 aliphatic rings. The molecule has 0 spiro atoms. The Hall–Kier alpha value is -2.76. The summed E-state index contributed by atoms with van der Waals surface area (Å²) in [6, 6.07) is 4.16. The number of benzene rings is 1. The highest BCUT2D eigenvalue weighted by molar-refractivity contribution is 8.26. The van der Waals surface area contributed by atoms with E-state index in [1.54, 1.807) is 0 Å². The number of non-ortho nitro benzene ring substituents is 1. The zero-order valence-electron chi connectivity index (χ0n) is 14.5. The highest BCUT2D eigenvalue weighted by Crippen LogP contribution is 2.35. The Morgan fingerprint density at radius 3 is 2.45 bits per heavy atom. The molecular weight excluding hydrogens is 444 g/mol. The number of allylic oxidation sites excluding steroid dienone is 2. The topological polar surface area (TPSA) is 138 Å². The van der Waals surface area contributed by atoms with Crippen molar-refractivity contribution in [2.45, 2.75) is 18.9 Å². The molecule has 29 heavy (non-hydrogen) atoms. The lowest BCUT2D eigenvalue weighted by Gasteiger charge is -2.22. The van der Waals surface area contributed by atoms with Gasteiger partial charge in [0.2, 0.25) is 0 Å². The number of carboxylic acid groups (broad SMARTS) is 2. The van der Waals surface area contributed by atoms with Gasteiger partial charge < -0.3 is 10.2 Å². The third-order valence-electron chi connectivity index (χ3n) is 3.73. The van der Waals surface area contributed by atoms with Crippen LogP contribution >= 0.6 is 35.6 Å². The second kappa shape index (κ2) is 9.63. The molecule has 1 heterocycles. The third kappa shape index (κ3) is 5.86. The normalized spacial score (nSPS) is 16.9. The van der Waals surface area contributed by atoms with Gasteiger partial charge in [0.15, 0.2) is 0 Å². The largest absolute Gasteiger partial charge is 0.481 e. The first-order valence-electron chi connectivity index (χ1n) is 7.93. The quantitative estimate of drug-likeness (QED) is 0.261. The Morgan fingerprint density at radius 1 is 1.31 bits per heavy atom. The second-order valence-electron chi connectivity index (χ2n) is 5.72. The average molecular weight is 457 g/mol. The number of carboxylic acids is 2. The van der Waals surface area contributed by atoms with Crippen LogP contribution in [0.25, 0.3) is 6.08 Å². The molecule has 2 rings (SSSR count). The fraction of sp³-hybridized carbons (Fsp3) is 0.176. The monoisotopic (exact) mass is 456 g/mol. The summed E-state index contributed by atoms with van der Waals surface area (Å²) in [6.45, 7) is 0. The molecule has 1 fully saturated rings. The van der Waals surface area contributed by atoms with Crippen LogP contribution in [-0.4, -0.2) is 48.2 Å². The molecular formula is C17H13ClN2O7S2. The van der Waals surface area contributed by atoms with Crippen molar-refractivity contribution < 1.29 is 29.5 Å². The summed E-state index contributed by atoms with van der Waals surface area (Å²) in [4.78, 5) is 45.9. The van der Waals surface area contributed by atoms with Crippen LogP contribution in [0.1, 0.15) is 18.4 Å². The second-order valence-corrected chi connectivity index (χ2v) is 7.83. The van der Waals surface area contributed by atoms with E-state index in [9.17, 15) is 29.6 Å². The fourth-order valence-electron chi connectivity index (χ4n) is 2.39. The van der Waals surface area contributed by atoms with Gasteiger partial charge in [0, 0.05) is 23.6 Å². The van der Waals surface area contributed by atoms with Crippen molar-refractivity contribution in [3.63, 3.8) is 0 Å². The zero-order chi connectivity index (χ0) is 21.7. The van der Waals surface area contributed by atoms with Gasteiger partial charge in [-0.05, 0) is 36.3 Å². The molecule has 0 saturated carbocycles. The highest BCUT2D eigenvalue weighted by atomic mass is 35.5. The number of carbonyl (C=O) groups is 3. The van der Waals surface area contributed by atoms with Gasteiger partial charge in [-0.25, -0.2) is 4.79 Å². The third-order valence-corrected chi connectivity index (χ3v) is 5.28. The van der Waals surface area contributed by atoms with E-state index in [4.69, 9.17) is 28.9 Å². The molecule has 9 nitrogen and oxygen atoms in total. The number of thioether (sulfide) groups is 1. The molecule has 0 aromatic heterocycles. The maximum atomic E-state index is 12.6. The van der Waals surface area contributed by atoms with Gasteiger partial charge >= 0.3 is 11.9 Å². The SMILES string of the molecule is O=C(O)CCC(C(=O)O)N1C(=O)/C(=C/C(Cl)=C/c2ccc([N+](=O)[O-])cc2)SC1=S. The van der Waals surface area contributed by atoms with E-state index >= 15 is 0 Å². The molecule has 1 aliphatic heterocycles. The Balaban J connectivity index is 2.22. The van der Waals surface area contributed by atoms with E-state index in [0.717, 1.165) is 16.7 Å². The molecule has 1 saturated heterocycles. The number of nitro benzene ring substituents is 1. The van der Waals surface area contributed by atoms with Gasteiger partial charge in [0.05, 0.1) is 9.83 Å². The number of amides is 1. The van der Waals surface area contributed by atoms with E-state index < -0.39 is 35.2 Å². The first-order chi connectivity index (χ1) is 13.6. The highest BCUT2D eigenvalue weighted by Gasteiger charge is 2.40. The maximum Gasteiger partial charge on any atom is 0.326 e. The number of carbonyl (C=O) groups excluding carboxylic acids is 1. The van der Waals surface area contributed by atoms with Crippen molar-refractivity contribution in [1.29, 1.82) is 0 Å². The standard InChI is InChI=1S/C17H13ClN2O7S2/c18-10(7-9-1-3-11(4-2-9)20(26)27)8-13-15(23)19(17(28)29-13)12(16(24)25)5-6-14(21)22/h1-4,7-8,12H,5-6H2,(H,21,22)(H,24,25)/b10-7-,13-8-. The van der Waals surface area contributed by atoms with Crippen LogP contribution in [0.15, 0.2) is 40.3 Å². The van der Waals surface area contributed by atoms with Gasteiger partial charge in [-0.1, -0.05) is 35.6 Å². The summed E-state index contributed by atoms with van der Waals surface area (Å²) < 4.78 is -0.0150. The van der Waals surface area contributed by atoms with Gasteiger partial charge in [-0.2, -0.15) is 0 Å². The molecule has 152 valence electrons. The number of halogens is 1. The van der Waals surface area contributed by atoms with Crippen molar-refractivity contribution in [3.05, 3.63) is 56.0 Å². The molecule has 0 aliphatic carbocycles. The predicted molar refractivity (Wildman–Crippen MR) is 110 cm³/mol. The summed E-state index contributed by atoms with van der Waals surface area (Å²) in [5.41, 5.74) is 0.470. The van der Waals surface area contributed by atoms with Crippen molar-refractivity contribution >= 4 is 69.5 Å². The Morgan fingerprint density at radius 2 is 1.93 bits per heavy atom. The zero-order valence-corrected chi connectivity index (χ0v) is 16.9. The average Bonchev–Trinajstić information content (AvgIpc) is 2.89. The summed E-state index contributed by atoms with van der Waals surface area (Å²) in [7, 11) is 0. The number of hydrogen-bond acceptors (Lipinski definition) is 7. The summed E-state index contributed by atoms with van der Waals surface area (Å²) in [6.07, 6.45) is 2.04. The van der Waals surface area contributed by atoms with E-state index in [1.807, 2.05) is 0 Å². The number of hydrogen-bond donors (Lipinski definition) is 2. The van der Waals surface area contributed by atoms with E-state index in [-0.39, 0.29) is 26.4 Å². The first kappa shape index (κ1) is 22.5. The van der Waals surface area contributed by atoms with Gasteiger partial charge in [0.1, 0.15) is 10.4 Å². The Labute approximate surface area is 178 Å². The number of nitrogens with zero attached hydrogens (tertiary/aromatic N) is 2. The van der Waals surface area contributed by atoms with Crippen LogP contribution in [-0.2, 0) is 14.4 Å². The molecule has 1 unspecified atom stereocenters. The Kier molecular flexibility index (Phi) is 7.48. The predicted octanol–water partition coefficient (Wildman–Crippen LogP) is 3.24. The van der Waals surface area contributed by atoms with Crippen LogP contribution in [0.5, 0.6) is 0 Å². The molecule has 1 aromatic carbocycles. The molecule has 0 radical (unpaired) electrons. The Bertz CT molecular complexity index is 944. The summed E-state index contributed by atoms with van der Waals surface area (Å²) >= 11 is 12.1. The van der Waals surface area contributed by atoms with E-state index in [1.165, 1.54) is 36.4 Å². The van der Waals surface area contributed by atoms with Crippen molar-refractivity contribution in [2.24, 2.45) is 0 Å². The fourth-order valence-corrected chi connectivity index (χ4v) is 4.04. The molecule has 12 heteroatoms. The molecule has 1 atom stereocenters. The van der Waals surface area contributed by atoms with Crippen LogP contribution in [0, 0.1) is 10.1 Å². The van der Waals surface area contributed by atoms with Gasteiger partial charge in [-0.3, -0.25) is 24.6 Å². The molecule has 0 bridgehead atoms. The minimum Gasteiger partial charge on any atom is -0.481 e. The van der Waals surface area contributed by atoms with Crippen LogP contribution in [0.2, 0.25) is 0 Å². The smallest absolute Gasteiger partial charge is 0.326 e. The lowest BCUT2D eigenvalue weighted by molar-refractivity contribution is -0.384. The number of nitro groups is 1.